The largest absolute Gasteiger partial charge is 0.362 e. The quantitative estimate of drug-likeness (QED) is 0.121. The molecule has 0 bridgehead atoms. The minimum atomic E-state index is 0.0211. The summed E-state index contributed by atoms with van der Waals surface area (Å²) in [6.45, 7) is 44.2. The van der Waals surface area contributed by atoms with E-state index in [4.69, 9.17) is 0 Å². The Hall–Kier alpha value is -5.68. The third-order valence-corrected chi connectivity index (χ3v) is 14.3. The molecule has 384 valence electrons. The van der Waals surface area contributed by atoms with Gasteiger partial charge in [0.05, 0.1) is 20.0 Å². The van der Waals surface area contributed by atoms with Crippen LogP contribution in [0.25, 0.3) is 0 Å². The average Bonchev–Trinajstić information content (AvgIpc) is 3.26. The van der Waals surface area contributed by atoms with E-state index in [1.54, 1.807) is 0 Å². The predicted molar refractivity (Wildman–Crippen MR) is 315 cm³/mol. The second-order valence-electron chi connectivity index (χ2n) is 27.2. The first-order chi connectivity index (χ1) is 33.4. The van der Waals surface area contributed by atoms with E-state index >= 15 is 0 Å². The van der Waals surface area contributed by atoms with Gasteiger partial charge in [-0.25, -0.2) is 0 Å². The van der Waals surface area contributed by atoms with Crippen LogP contribution in [0.15, 0.2) is 146 Å². The molecule has 0 N–H and O–H groups in total. The van der Waals surface area contributed by atoms with Crippen LogP contribution in [0.1, 0.15) is 169 Å². The van der Waals surface area contributed by atoms with E-state index in [2.05, 4.69) is 295 Å². The van der Waals surface area contributed by atoms with Crippen molar-refractivity contribution >= 4 is 28.4 Å². The van der Waals surface area contributed by atoms with Gasteiger partial charge in [0.15, 0.2) is 0 Å². The van der Waals surface area contributed by atoms with E-state index in [1.165, 1.54) is 67.4 Å². The number of hydrogen-bond donors (Lipinski definition) is 0. The first-order valence-electron chi connectivity index (χ1n) is 26.8. The highest BCUT2D eigenvalue weighted by Crippen LogP contribution is 2.47. The van der Waals surface area contributed by atoms with Crippen molar-refractivity contribution in [2.24, 2.45) is 10.8 Å². The fraction of sp³-hybridized carbons (Fsp3) is 0.463. The smallest absolute Gasteiger partial charge is 0.0937 e. The normalized spacial score (nSPS) is 14.3. The molecule has 0 spiro atoms. The van der Waals surface area contributed by atoms with Gasteiger partial charge in [0.1, 0.15) is 0 Å². The van der Waals surface area contributed by atoms with Gasteiger partial charge in [-0.15, -0.1) is 0 Å². The SMILES string of the molecule is CC(C)(C)C(c1ccc(Cc2ccc(N3CN(c4ccc(Cc5ccc(N(C(C)(C)C)C(C)(C)C)cc5)cc4)CN(c4ccc(Cc5ccc(N(C(C)(C)C)C(C)(C)C)cc5)cc4)C3)cc2)cc1)C(C)(C)C. The monoisotopic (exact) mass is 966 g/mol. The molecular weight excluding hydrogens is 875 g/mol. The molecule has 7 rings (SSSR count). The highest BCUT2D eigenvalue weighted by atomic mass is 15.5. The molecule has 5 nitrogen and oxygen atoms in total. The summed E-state index contributed by atoms with van der Waals surface area (Å²) in [5.41, 5.74) is 16.1. The highest BCUT2D eigenvalue weighted by Gasteiger charge is 2.36. The Bertz CT molecular complexity index is 2300. The van der Waals surface area contributed by atoms with Gasteiger partial charge in [-0.05, 0) is 219 Å². The summed E-state index contributed by atoms with van der Waals surface area (Å²) in [5, 5.41) is 0. The second kappa shape index (κ2) is 20.7. The molecule has 0 saturated carbocycles. The Morgan fingerprint density at radius 1 is 0.306 bits per heavy atom. The van der Waals surface area contributed by atoms with Gasteiger partial charge in [0, 0.05) is 50.6 Å². The van der Waals surface area contributed by atoms with Crippen LogP contribution in [-0.4, -0.2) is 42.2 Å². The summed E-state index contributed by atoms with van der Waals surface area (Å²) < 4.78 is 0. The van der Waals surface area contributed by atoms with Crippen molar-refractivity contribution in [2.75, 3.05) is 44.5 Å². The second-order valence-corrected chi connectivity index (χ2v) is 27.2. The van der Waals surface area contributed by atoms with Crippen LogP contribution in [0.4, 0.5) is 28.4 Å². The topological polar surface area (TPSA) is 16.2 Å². The van der Waals surface area contributed by atoms with Crippen LogP contribution in [0.5, 0.6) is 0 Å². The van der Waals surface area contributed by atoms with Crippen molar-refractivity contribution in [3.05, 3.63) is 185 Å². The maximum Gasteiger partial charge on any atom is 0.0937 e. The van der Waals surface area contributed by atoms with E-state index in [0.29, 0.717) is 5.92 Å². The van der Waals surface area contributed by atoms with E-state index < -0.39 is 0 Å². The minimum absolute atomic E-state index is 0.0211. The third kappa shape index (κ3) is 13.5. The molecular formula is C67H91N5. The van der Waals surface area contributed by atoms with Crippen molar-refractivity contribution in [3.63, 3.8) is 0 Å². The first-order valence-corrected chi connectivity index (χ1v) is 26.8. The van der Waals surface area contributed by atoms with Gasteiger partial charge in [-0.3, -0.25) is 0 Å². The number of benzene rings is 6. The fourth-order valence-electron chi connectivity index (χ4n) is 12.6. The van der Waals surface area contributed by atoms with Gasteiger partial charge in [0.25, 0.3) is 0 Å². The summed E-state index contributed by atoms with van der Waals surface area (Å²) in [6, 6.07) is 55.8. The molecule has 0 aliphatic carbocycles. The van der Waals surface area contributed by atoms with E-state index in [9.17, 15) is 0 Å². The summed E-state index contributed by atoms with van der Waals surface area (Å²) in [4.78, 5) is 12.6. The van der Waals surface area contributed by atoms with Gasteiger partial charge in [-0.1, -0.05) is 126 Å². The van der Waals surface area contributed by atoms with Gasteiger partial charge < -0.3 is 24.5 Å². The summed E-state index contributed by atoms with van der Waals surface area (Å²) >= 11 is 0. The third-order valence-electron chi connectivity index (χ3n) is 14.3. The Kier molecular flexibility index (Phi) is 15.5. The van der Waals surface area contributed by atoms with Crippen LogP contribution in [0.3, 0.4) is 0 Å². The number of anilines is 5. The van der Waals surface area contributed by atoms with E-state index in [0.717, 1.165) is 39.3 Å². The number of nitrogens with zero attached hydrogens (tertiary/aromatic N) is 5. The summed E-state index contributed by atoms with van der Waals surface area (Å²) in [5.74, 6) is 0.474. The summed E-state index contributed by atoms with van der Waals surface area (Å²) in [7, 11) is 0. The van der Waals surface area contributed by atoms with Crippen molar-refractivity contribution in [1.82, 2.24) is 0 Å². The number of rotatable bonds is 12. The molecule has 0 amide bonds. The molecule has 1 aliphatic rings. The van der Waals surface area contributed by atoms with Gasteiger partial charge in [0.2, 0.25) is 0 Å². The molecule has 6 aromatic carbocycles. The lowest BCUT2D eigenvalue weighted by atomic mass is 9.63. The molecule has 72 heavy (non-hydrogen) atoms. The predicted octanol–water partition coefficient (Wildman–Crippen LogP) is 17.1. The maximum absolute atomic E-state index is 2.52. The van der Waals surface area contributed by atoms with Crippen LogP contribution < -0.4 is 24.5 Å². The molecule has 1 saturated heterocycles. The zero-order valence-electron chi connectivity index (χ0n) is 47.9. The zero-order chi connectivity index (χ0) is 52.6. The molecule has 0 aromatic heterocycles. The average molecular weight is 966 g/mol. The van der Waals surface area contributed by atoms with Crippen LogP contribution in [-0.2, 0) is 19.3 Å². The molecule has 1 aliphatic heterocycles. The zero-order valence-corrected chi connectivity index (χ0v) is 47.9. The lowest BCUT2D eigenvalue weighted by Crippen LogP contribution is -2.55. The lowest BCUT2D eigenvalue weighted by Gasteiger charge is -2.47. The minimum Gasteiger partial charge on any atom is -0.362 e. The van der Waals surface area contributed by atoms with Gasteiger partial charge in [-0.2, -0.15) is 0 Å². The lowest BCUT2D eigenvalue weighted by molar-refractivity contribution is 0.176. The fourth-order valence-corrected chi connectivity index (χ4v) is 12.6. The molecule has 0 atom stereocenters. The molecule has 1 fully saturated rings. The Labute approximate surface area is 438 Å². The van der Waals surface area contributed by atoms with Crippen molar-refractivity contribution in [2.45, 2.75) is 172 Å². The van der Waals surface area contributed by atoms with Gasteiger partial charge >= 0.3 is 0 Å². The molecule has 0 unspecified atom stereocenters. The standard InChI is InChI=1S/C67H91N5/c1-62(2,3)61(63(4,5)6)55-31-19-49(20-32-55)43-50-21-33-56(34-22-50)68-46-69(57-35-23-51(24-36-57)44-53-27-39-59(40-28-53)71(64(7,8)9)65(10,11)12)48-70(47-68)58-37-25-52(26-38-58)45-54-29-41-60(42-30-54)72(66(13,14)15)67(16,17)18/h19-42,61H,43-48H2,1-18H3. The Morgan fingerprint density at radius 2 is 0.514 bits per heavy atom. The van der Waals surface area contributed by atoms with Crippen LogP contribution in [0, 0.1) is 10.8 Å². The molecule has 5 heteroatoms. The Morgan fingerprint density at radius 3 is 0.722 bits per heavy atom. The van der Waals surface area contributed by atoms with Crippen molar-refractivity contribution in [3.8, 4) is 0 Å². The van der Waals surface area contributed by atoms with E-state index in [-0.39, 0.29) is 33.0 Å². The molecule has 0 radical (unpaired) electrons. The molecule has 6 aromatic rings. The summed E-state index contributed by atoms with van der Waals surface area (Å²) in [6.07, 6.45) is 2.72. The number of hydrogen-bond acceptors (Lipinski definition) is 5. The van der Waals surface area contributed by atoms with Crippen LogP contribution >= 0.6 is 0 Å². The van der Waals surface area contributed by atoms with Crippen molar-refractivity contribution < 1.29 is 0 Å². The first kappa shape index (κ1) is 54.1. The maximum atomic E-state index is 2.52. The van der Waals surface area contributed by atoms with Crippen LogP contribution in [0.2, 0.25) is 0 Å². The Balaban J connectivity index is 1.09. The van der Waals surface area contributed by atoms with E-state index in [1.807, 2.05) is 0 Å². The van der Waals surface area contributed by atoms with Crippen molar-refractivity contribution in [1.29, 1.82) is 0 Å². The highest BCUT2D eigenvalue weighted by molar-refractivity contribution is 5.61. The molecule has 1 heterocycles.